The zero-order valence-electron chi connectivity index (χ0n) is 19.8. The normalized spacial score (nSPS) is 11.2. The molecule has 0 fully saturated rings. The second-order valence-electron chi connectivity index (χ2n) is 9.15. The van der Waals surface area contributed by atoms with Crippen molar-refractivity contribution in [2.24, 2.45) is 0 Å². The molecule has 0 aliphatic heterocycles. The zero-order valence-corrected chi connectivity index (χ0v) is 19.8. The van der Waals surface area contributed by atoms with Crippen LogP contribution in [0.15, 0.2) is 115 Å². The summed E-state index contributed by atoms with van der Waals surface area (Å²) < 4.78 is 2.28. The highest BCUT2D eigenvalue weighted by molar-refractivity contribution is 6.26. The third-order valence-electron chi connectivity index (χ3n) is 7.18. The van der Waals surface area contributed by atoms with Crippen LogP contribution in [0.2, 0.25) is 0 Å². The highest BCUT2D eigenvalue weighted by Gasteiger charge is 2.21. The smallest absolute Gasteiger partial charge is 0.196 e. The maximum atomic E-state index is 7.80. The van der Waals surface area contributed by atoms with Crippen molar-refractivity contribution >= 4 is 49.3 Å². The van der Waals surface area contributed by atoms with Gasteiger partial charge < -0.3 is 4.40 Å². The Morgan fingerprint density at radius 1 is 0.541 bits per heavy atom. The lowest BCUT2D eigenvalue weighted by Gasteiger charge is -2.16. The number of hydrogen-bond acceptors (Lipinski definition) is 0. The highest BCUT2D eigenvalue weighted by Crippen LogP contribution is 2.45. The van der Waals surface area contributed by atoms with E-state index in [-0.39, 0.29) is 0 Å². The van der Waals surface area contributed by atoms with Gasteiger partial charge in [0.1, 0.15) is 0 Å². The summed E-state index contributed by atoms with van der Waals surface area (Å²) >= 11 is 0. The summed E-state index contributed by atoms with van der Waals surface area (Å²) in [6, 6.07) is 39.7. The average molecular weight is 470 g/mol. The van der Waals surface area contributed by atoms with Crippen molar-refractivity contribution in [1.82, 2.24) is 4.40 Å². The van der Waals surface area contributed by atoms with Crippen LogP contribution in [-0.4, -0.2) is 4.40 Å². The number of fused-ring (bicyclic) bond motifs is 8. The van der Waals surface area contributed by atoms with Gasteiger partial charge in [0, 0.05) is 16.5 Å². The Labute approximate surface area is 214 Å². The third-order valence-corrected chi connectivity index (χ3v) is 7.18. The van der Waals surface area contributed by atoms with E-state index in [4.69, 9.17) is 13.1 Å². The molecule has 37 heavy (non-hydrogen) atoms. The molecule has 7 rings (SSSR count). The van der Waals surface area contributed by atoms with Crippen LogP contribution >= 0.6 is 0 Å². The van der Waals surface area contributed by atoms with Gasteiger partial charge in [0.25, 0.3) is 0 Å². The summed E-state index contributed by atoms with van der Waals surface area (Å²) in [5.41, 5.74) is 7.22. The van der Waals surface area contributed by atoms with E-state index < -0.39 is 0 Å². The van der Waals surface area contributed by atoms with Crippen LogP contribution in [0.3, 0.4) is 0 Å². The summed E-state index contributed by atoms with van der Waals surface area (Å²) in [4.78, 5) is 7.45. The Balaban J connectivity index is 1.82. The molecule has 0 spiro atoms. The molecule has 0 aliphatic carbocycles. The first-order chi connectivity index (χ1) is 18.3. The van der Waals surface area contributed by atoms with E-state index in [0.717, 1.165) is 60.3 Å². The Kier molecular flexibility index (Phi) is 4.58. The molecule has 0 atom stereocenters. The van der Waals surface area contributed by atoms with Gasteiger partial charge in [0.15, 0.2) is 11.4 Å². The van der Waals surface area contributed by atoms with E-state index in [2.05, 4.69) is 105 Å². The third kappa shape index (κ3) is 3.05. The lowest BCUT2D eigenvalue weighted by atomic mass is 9.95. The van der Waals surface area contributed by atoms with E-state index >= 15 is 0 Å². The van der Waals surface area contributed by atoms with Crippen LogP contribution in [-0.2, 0) is 0 Å². The largest absolute Gasteiger partial charge is 0.309 e. The maximum absolute atomic E-state index is 7.80. The number of nitrogens with zero attached hydrogens (tertiary/aromatic N) is 3. The van der Waals surface area contributed by atoms with Gasteiger partial charge in [-0.25, -0.2) is 0 Å². The van der Waals surface area contributed by atoms with E-state index in [9.17, 15) is 0 Å². The van der Waals surface area contributed by atoms with Gasteiger partial charge >= 0.3 is 0 Å². The van der Waals surface area contributed by atoms with Crippen LogP contribution < -0.4 is 0 Å². The minimum absolute atomic E-state index is 0.373. The van der Waals surface area contributed by atoms with Crippen molar-refractivity contribution < 1.29 is 0 Å². The first-order valence-electron chi connectivity index (χ1n) is 12.1. The molecule has 0 N–H and O–H groups in total. The Morgan fingerprint density at radius 3 is 1.92 bits per heavy atom. The van der Waals surface area contributed by atoms with E-state index in [1.807, 2.05) is 24.3 Å². The van der Waals surface area contributed by atoms with Gasteiger partial charge in [-0.05, 0) is 44.8 Å². The van der Waals surface area contributed by atoms with Crippen molar-refractivity contribution in [2.75, 3.05) is 0 Å². The average Bonchev–Trinajstić information content (AvgIpc) is 3.38. The predicted molar refractivity (Wildman–Crippen MR) is 153 cm³/mol. The summed E-state index contributed by atoms with van der Waals surface area (Å²) in [6.07, 6.45) is 0. The van der Waals surface area contributed by atoms with Crippen LogP contribution in [0, 0.1) is 13.1 Å². The first-order valence-corrected chi connectivity index (χ1v) is 12.1. The molecule has 0 saturated heterocycles. The Morgan fingerprint density at radius 2 is 1.19 bits per heavy atom. The fourth-order valence-electron chi connectivity index (χ4n) is 5.57. The second-order valence-corrected chi connectivity index (χ2v) is 9.15. The Bertz CT molecular complexity index is 2090. The molecule has 170 valence electrons. The van der Waals surface area contributed by atoms with Gasteiger partial charge in [0.2, 0.25) is 0 Å². The fourth-order valence-corrected chi connectivity index (χ4v) is 5.57. The van der Waals surface area contributed by atoms with Crippen LogP contribution in [0.5, 0.6) is 0 Å². The predicted octanol–water partition coefficient (Wildman–Crippen LogP) is 9.83. The fraction of sp³-hybridized carbons (Fsp3) is 0. The van der Waals surface area contributed by atoms with Gasteiger partial charge in [-0.15, -0.1) is 0 Å². The highest BCUT2D eigenvalue weighted by atomic mass is 14.9. The molecule has 5 aromatic carbocycles. The molecule has 0 saturated carbocycles. The summed E-state index contributed by atoms with van der Waals surface area (Å²) in [5, 5.41) is 5.50. The zero-order chi connectivity index (χ0) is 24.9. The number of pyridine rings is 1. The van der Waals surface area contributed by atoms with Gasteiger partial charge in [-0.2, -0.15) is 0 Å². The molecule has 2 heterocycles. The first kappa shape index (κ1) is 20.9. The van der Waals surface area contributed by atoms with Crippen molar-refractivity contribution in [3.63, 3.8) is 0 Å². The standard InChI is InChI=1S/C34H19N3/c1-35-29-19-28-32(21-30(29)36-2)37-31(24-14-7-4-8-15-24)20-27(22-11-5-3-6-12-22)34(37)26-18-17-23-13-9-10-16-25(23)33(26)28/h3-21H. The minimum atomic E-state index is 0.373. The van der Waals surface area contributed by atoms with E-state index in [1.165, 1.54) is 0 Å². The number of hydrogen-bond donors (Lipinski definition) is 0. The maximum Gasteiger partial charge on any atom is 0.196 e. The van der Waals surface area contributed by atoms with Crippen molar-refractivity contribution in [2.45, 2.75) is 0 Å². The molecule has 3 heteroatoms. The van der Waals surface area contributed by atoms with Crippen LogP contribution in [0.25, 0.3) is 70.0 Å². The summed E-state index contributed by atoms with van der Waals surface area (Å²) in [5.74, 6) is 0. The molecule has 0 bridgehead atoms. The molecule has 0 unspecified atom stereocenters. The van der Waals surface area contributed by atoms with Gasteiger partial charge in [0.05, 0.1) is 24.4 Å². The minimum Gasteiger partial charge on any atom is -0.309 e. The number of benzene rings is 5. The molecule has 2 aromatic heterocycles. The Hall–Kier alpha value is -5.38. The second kappa shape index (κ2) is 8.09. The quantitative estimate of drug-likeness (QED) is 0.177. The molecular formula is C34H19N3. The van der Waals surface area contributed by atoms with Crippen molar-refractivity contribution in [3.05, 3.63) is 138 Å². The molecule has 0 amide bonds. The molecule has 7 aromatic rings. The lowest BCUT2D eigenvalue weighted by molar-refractivity contribution is 1.29. The number of aromatic nitrogens is 1. The van der Waals surface area contributed by atoms with Gasteiger partial charge in [-0.3, -0.25) is 9.69 Å². The topological polar surface area (TPSA) is 13.1 Å². The summed E-state index contributed by atoms with van der Waals surface area (Å²) in [7, 11) is 0. The van der Waals surface area contributed by atoms with Crippen molar-refractivity contribution in [1.29, 1.82) is 0 Å². The van der Waals surface area contributed by atoms with Crippen LogP contribution in [0.1, 0.15) is 0 Å². The summed E-state index contributed by atoms with van der Waals surface area (Å²) in [6.45, 7) is 15.6. The van der Waals surface area contributed by atoms with Crippen LogP contribution in [0.4, 0.5) is 11.4 Å². The number of rotatable bonds is 2. The lowest BCUT2D eigenvalue weighted by Crippen LogP contribution is -1.94. The van der Waals surface area contributed by atoms with E-state index in [0.29, 0.717) is 11.4 Å². The molecule has 3 nitrogen and oxygen atoms in total. The SMILES string of the molecule is [C-]#[N+]c1cc2c3c4ccccc4ccc3c3c(-c4ccccc4)cc(-c4ccccc4)n3c2cc1[N+]#[C-]. The van der Waals surface area contributed by atoms with Crippen molar-refractivity contribution in [3.8, 4) is 22.4 Å². The van der Waals surface area contributed by atoms with E-state index in [1.54, 1.807) is 0 Å². The monoisotopic (exact) mass is 469 g/mol. The molecular weight excluding hydrogens is 450 g/mol. The molecule has 0 aliphatic rings. The molecule has 0 radical (unpaired) electrons. The van der Waals surface area contributed by atoms with Gasteiger partial charge in [-0.1, -0.05) is 103 Å².